The van der Waals surface area contributed by atoms with Crippen molar-refractivity contribution >= 4 is 28.1 Å². The van der Waals surface area contributed by atoms with Crippen LogP contribution in [0.3, 0.4) is 0 Å². The fraction of sp³-hybridized carbons (Fsp3) is 0.333. The standard InChI is InChI=1S/C9H12ClN5S/c1-5-8(10)7(15-14-5)3-12-2-6-4-16-9(11)13-6/h4,12H,2-3H2,1H3,(H2,11,13)(H,14,15). The van der Waals surface area contributed by atoms with Gasteiger partial charge in [-0.3, -0.25) is 5.10 Å². The molecule has 5 nitrogen and oxygen atoms in total. The number of aromatic nitrogens is 3. The molecular weight excluding hydrogens is 246 g/mol. The van der Waals surface area contributed by atoms with Crippen molar-refractivity contribution in [1.82, 2.24) is 20.5 Å². The highest BCUT2D eigenvalue weighted by atomic mass is 35.5. The van der Waals surface area contributed by atoms with Crippen molar-refractivity contribution in [2.24, 2.45) is 0 Å². The van der Waals surface area contributed by atoms with Gasteiger partial charge in [0.25, 0.3) is 0 Å². The number of nitrogens with zero attached hydrogens (tertiary/aromatic N) is 2. The molecule has 0 aliphatic rings. The summed E-state index contributed by atoms with van der Waals surface area (Å²) in [5, 5.41) is 13.3. The number of aromatic amines is 1. The zero-order valence-corrected chi connectivity index (χ0v) is 10.3. The van der Waals surface area contributed by atoms with Crippen molar-refractivity contribution in [1.29, 1.82) is 0 Å². The third-order valence-corrected chi connectivity index (χ3v) is 3.33. The fourth-order valence-corrected chi connectivity index (χ4v) is 2.01. The lowest BCUT2D eigenvalue weighted by Crippen LogP contribution is -2.13. The number of rotatable bonds is 4. The van der Waals surface area contributed by atoms with Crippen molar-refractivity contribution in [2.75, 3.05) is 5.73 Å². The summed E-state index contributed by atoms with van der Waals surface area (Å²) >= 11 is 7.46. The third kappa shape index (κ3) is 2.52. The molecule has 0 unspecified atom stereocenters. The van der Waals surface area contributed by atoms with Gasteiger partial charge in [-0.05, 0) is 6.92 Å². The van der Waals surface area contributed by atoms with E-state index in [0.717, 1.165) is 17.1 Å². The third-order valence-electron chi connectivity index (χ3n) is 2.11. The van der Waals surface area contributed by atoms with E-state index >= 15 is 0 Å². The maximum absolute atomic E-state index is 6.03. The number of hydrogen-bond acceptors (Lipinski definition) is 5. The van der Waals surface area contributed by atoms with Crippen molar-refractivity contribution < 1.29 is 0 Å². The number of anilines is 1. The van der Waals surface area contributed by atoms with Crippen LogP contribution < -0.4 is 11.1 Å². The highest BCUT2D eigenvalue weighted by Gasteiger charge is 2.07. The molecule has 0 saturated carbocycles. The molecule has 0 atom stereocenters. The Balaban J connectivity index is 1.86. The summed E-state index contributed by atoms with van der Waals surface area (Å²) in [6.45, 7) is 3.16. The SMILES string of the molecule is Cc1[nH]nc(CNCc2csc(N)n2)c1Cl. The van der Waals surface area contributed by atoms with E-state index in [2.05, 4.69) is 20.5 Å². The Bertz CT molecular complexity index is 478. The smallest absolute Gasteiger partial charge is 0.180 e. The molecule has 0 aliphatic carbocycles. The van der Waals surface area contributed by atoms with Gasteiger partial charge in [-0.15, -0.1) is 11.3 Å². The first-order chi connectivity index (χ1) is 7.66. The highest BCUT2D eigenvalue weighted by molar-refractivity contribution is 7.13. The summed E-state index contributed by atoms with van der Waals surface area (Å²) in [5.74, 6) is 0. The first kappa shape index (κ1) is 11.4. The van der Waals surface area contributed by atoms with E-state index in [0.29, 0.717) is 23.2 Å². The summed E-state index contributed by atoms with van der Waals surface area (Å²) in [7, 11) is 0. The Morgan fingerprint density at radius 2 is 2.38 bits per heavy atom. The van der Waals surface area contributed by atoms with Crippen LogP contribution in [0.1, 0.15) is 17.1 Å². The normalized spacial score (nSPS) is 10.9. The molecule has 0 spiro atoms. The van der Waals surface area contributed by atoms with E-state index in [1.165, 1.54) is 11.3 Å². The molecule has 0 aliphatic heterocycles. The molecule has 7 heteroatoms. The molecule has 0 bridgehead atoms. The summed E-state index contributed by atoms with van der Waals surface area (Å²) in [6, 6.07) is 0. The van der Waals surface area contributed by atoms with Gasteiger partial charge < -0.3 is 11.1 Å². The Kier molecular flexibility index (Phi) is 3.42. The molecule has 0 fully saturated rings. The van der Waals surface area contributed by atoms with E-state index in [-0.39, 0.29) is 0 Å². The maximum atomic E-state index is 6.03. The number of nitrogens with one attached hydrogen (secondary N) is 2. The maximum Gasteiger partial charge on any atom is 0.180 e. The van der Waals surface area contributed by atoms with E-state index in [1.54, 1.807) is 0 Å². The number of hydrogen-bond donors (Lipinski definition) is 3. The predicted octanol–water partition coefficient (Wildman–Crippen LogP) is 1.70. The van der Waals surface area contributed by atoms with Gasteiger partial charge in [0.05, 0.1) is 22.1 Å². The summed E-state index contributed by atoms with van der Waals surface area (Å²) in [6.07, 6.45) is 0. The van der Waals surface area contributed by atoms with Gasteiger partial charge in [0, 0.05) is 18.5 Å². The number of aryl methyl sites for hydroxylation is 1. The molecule has 0 aromatic carbocycles. The Hall–Kier alpha value is -1.11. The molecule has 0 amide bonds. The van der Waals surface area contributed by atoms with Crippen molar-refractivity contribution in [3.05, 3.63) is 27.5 Å². The predicted molar refractivity (Wildman–Crippen MR) is 65.4 cm³/mol. The van der Waals surface area contributed by atoms with Crippen LogP contribution in [0, 0.1) is 6.92 Å². The molecule has 16 heavy (non-hydrogen) atoms. The van der Waals surface area contributed by atoms with Crippen LogP contribution in [0.15, 0.2) is 5.38 Å². The lowest BCUT2D eigenvalue weighted by atomic mass is 10.3. The lowest BCUT2D eigenvalue weighted by Gasteiger charge is -1.99. The van der Waals surface area contributed by atoms with Gasteiger partial charge in [0.2, 0.25) is 0 Å². The van der Waals surface area contributed by atoms with Gasteiger partial charge >= 0.3 is 0 Å². The van der Waals surface area contributed by atoms with Gasteiger partial charge in [-0.2, -0.15) is 5.10 Å². The Morgan fingerprint density at radius 1 is 1.56 bits per heavy atom. The minimum absolute atomic E-state index is 0.588. The molecule has 4 N–H and O–H groups in total. The molecule has 2 heterocycles. The van der Waals surface area contributed by atoms with E-state index in [1.807, 2.05) is 12.3 Å². The molecule has 2 aromatic rings. The van der Waals surface area contributed by atoms with Crippen molar-refractivity contribution in [3.63, 3.8) is 0 Å². The number of halogens is 1. The topological polar surface area (TPSA) is 79.6 Å². The average Bonchev–Trinajstić information content (AvgIpc) is 2.79. The summed E-state index contributed by atoms with van der Waals surface area (Å²) in [5.41, 5.74) is 8.17. The molecule has 2 aromatic heterocycles. The van der Waals surface area contributed by atoms with Gasteiger partial charge in [0.1, 0.15) is 0 Å². The minimum Gasteiger partial charge on any atom is -0.375 e. The molecule has 2 rings (SSSR count). The zero-order valence-electron chi connectivity index (χ0n) is 8.75. The molecule has 0 saturated heterocycles. The van der Waals surface area contributed by atoms with Gasteiger partial charge in [-0.25, -0.2) is 4.98 Å². The molecule has 86 valence electrons. The van der Waals surface area contributed by atoms with E-state index in [4.69, 9.17) is 17.3 Å². The zero-order chi connectivity index (χ0) is 11.5. The average molecular weight is 258 g/mol. The first-order valence-electron chi connectivity index (χ1n) is 4.76. The highest BCUT2D eigenvalue weighted by Crippen LogP contribution is 2.17. The Labute approximate surface area is 102 Å². The van der Waals surface area contributed by atoms with Crippen molar-refractivity contribution in [2.45, 2.75) is 20.0 Å². The van der Waals surface area contributed by atoms with E-state index < -0.39 is 0 Å². The second-order valence-electron chi connectivity index (χ2n) is 3.39. The number of H-pyrrole nitrogens is 1. The number of thiazole rings is 1. The van der Waals surface area contributed by atoms with Crippen LogP contribution in [0.5, 0.6) is 0 Å². The molecular formula is C9H12ClN5S. The second kappa shape index (κ2) is 4.82. The van der Waals surface area contributed by atoms with Crippen LogP contribution in [-0.4, -0.2) is 15.2 Å². The minimum atomic E-state index is 0.588. The van der Waals surface area contributed by atoms with Gasteiger partial charge in [-0.1, -0.05) is 11.6 Å². The van der Waals surface area contributed by atoms with Crippen LogP contribution in [0.25, 0.3) is 0 Å². The van der Waals surface area contributed by atoms with Crippen LogP contribution in [0.2, 0.25) is 5.02 Å². The Morgan fingerprint density at radius 3 is 2.94 bits per heavy atom. The van der Waals surface area contributed by atoms with Crippen LogP contribution in [-0.2, 0) is 13.1 Å². The largest absolute Gasteiger partial charge is 0.375 e. The first-order valence-corrected chi connectivity index (χ1v) is 6.02. The fourth-order valence-electron chi connectivity index (χ4n) is 1.30. The van der Waals surface area contributed by atoms with Crippen LogP contribution in [0.4, 0.5) is 5.13 Å². The lowest BCUT2D eigenvalue weighted by molar-refractivity contribution is 0.668. The number of nitrogens with two attached hydrogens (primary N) is 1. The second-order valence-corrected chi connectivity index (χ2v) is 4.66. The summed E-state index contributed by atoms with van der Waals surface area (Å²) < 4.78 is 0. The van der Waals surface area contributed by atoms with Crippen LogP contribution >= 0.6 is 22.9 Å². The quantitative estimate of drug-likeness (QED) is 0.779. The molecule has 0 radical (unpaired) electrons. The van der Waals surface area contributed by atoms with Crippen molar-refractivity contribution in [3.8, 4) is 0 Å². The van der Waals surface area contributed by atoms with E-state index in [9.17, 15) is 0 Å². The summed E-state index contributed by atoms with van der Waals surface area (Å²) in [4.78, 5) is 4.14. The van der Waals surface area contributed by atoms with Gasteiger partial charge in [0.15, 0.2) is 5.13 Å². The monoisotopic (exact) mass is 257 g/mol. The number of nitrogen functional groups attached to an aromatic ring is 1.